The minimum atomic E-state index is 0.881. The predicted molar refractivity (Wildman–Crippen MR) is 76.6 cm³/mol. The number of aromatic nitrogens is 1. The number of rotatable bonds is 6. The molecule has 18 heavy (non-hydrogen) atoms. The lowest BCUT2D eigenvalue weighted by Crippen LogP contribution is -2.28. The summed E-state index contributed by atoms with van der Waals surface area (Å²) < 4.78 is 0. The second-order valence-corrected chi connectivity index (χ2v) is 4.59. The van der Waals surface area contributed by atoms with Crippen LogP contribution in [-0.2, 0) is 6.54 Å². The zero-order chi connectivity index (χ0) is 12.8. The van der Waals surface area contributed by atoms with Crippen molar-refractivity contribution < 1.29 is 0 Å². The first kappa shape index (κ1) is 13.0. The summed E-state index contributed by atoms with van der Waals surface area (Å²) in [5, 5.41) is 5.98. The number of pyridine rings is 1. The van der Waals surface area contributed by atoms with Crippen LogP contribution in [0.2, 0.25) is 0 Å². The van der Waals surface area contributed by atoms with Crippen LogP contribution in [0, 0.1) is 0 Å². The number of benzene rings is 1. The Kier molecular flexibility index (Phi) is 4.67. The number of likely N-dealkylation sites (N-methyl/N-ethyl adjacent to an activating group) is 1. The lowest BCUT2D eigenvalue weighted by atomic mass is 10.1. The van der Waals surface area contributed by atoms with Crippen LogP contribution in [0.5, 0.6) is 0 Å². The van der Waals surface area contributed by atoms with Gasteiger partial charge in [-0.05, 0) is 24.5 Å². The first-order valence-corrected chi connectivity index (χ1v) is 6.52. The fourth-order valence-corrected chi connectivity index (χ4v) is 1.97. The molecule has 1 heterocycles. The maximum Gasteiger partial charge on any atom is 0.0346 e. The van der Waals surface area contributed by atoms with Crippen molar-refractivity contribution in [2.24, 2.45) is 0 Å². The van der Waals surface area contributed by atoms with Gasteiger partial charge < -0.3 is 10.2 Å². The van der Waals surface area contributed by atoms with E-state index in [1.54, 1.807) is 0 Å². The van der Waals surface area contributed by atoms with E-state index < -0.39 is 0 Å². The van der Waals surface area contributed by atoms with E-state index >= 15 is 0 Å². The number of fused-ring (bicyclic) bond motifs is 1. The summed E-state index contributed by atoms with van der Waals surface area (Å²) in [5.74, 6) is 0. The van der Waals surface area contributed by atoms with Crippen LogP contribution < -0.4 is 5.32 Å². The Morgan fingerprint density at radius 2 is 2.06 bits per heavy atom. The Bertz CT molecular complexity index is 491. The summed E-state index contributed by atoms with van der Waals surface area (Å²) in [5.41, 5.74) is 1.27. The zero-order valence-electron chi connectivity index (χ0n) is 11.2. The highest BCUT2D eigenvalue weighted by atomic mass is 15.1. The van der Waals surface area contributed by atoms with E-state index in [4.69, 9.17) is 0 Å². The Morgan fingerprint density at radius 3 is 2.89 bits per heavy atom. The van der Waals surface area contributed by atoms with Gasteiger partial charge >= 0.3 is 0 Å². The molecule has 0 amide bonds. The lowest BCUT2D eigenvalue weighted by Gasteiger charge is -2.14. The number of hydrogen-bond donors (Lipinski definition) is 1. The van der Waals surface area contributed by atoms with Crippen molar-refractivity contribution in [3.05, 3.63) is 42.2 Å². The van der Waals surface area contributed by atoms with E-state index in [-0.39, 0.29) is 0 Å². The first-order valence-electron chi connectivity index (χ1n) is 6.52. The normalized spacial score (nSPS) is 11.3. The average molecular weight is 243 g/mol. The molecule has 0 spiro atoms. The van der Waals surface area contributed by atoms with Crippen molar-refractivity contribution >= 4 is 10.8 Å². The highest BCUT2D eigenvalue weighted by molar-refractivity contribution is 5.84. The smallest absolute Gasteiger partial charge is 0.0346 e. The Morgan fingerprint density at radius 1 is 1.22 bits per heavy atom. The van der Waals surface area contributed by atoms with Crippen molar-refractivity contribution in [2.75, 3.05) is 26.7 Å². The van der Waals surface area contributed by atoms with E-state index in [0.717, 1.165) is 26.2 Å². The Hall–Kier alpha value is -1.45. The van der Waals surface area contributed by atoms with Gasteiger partial charge in [0.1, 0.15) is 0 Å². The molecule has 0 aliphatic heterocycles. The van der Waals surface area contributed by atoms with Gasteiger partial charge in [-0.3, -0.25) is 4.98 Å². The zero-order valence-corrected chi connectivity index (χ0v) is 11.2. The summed E-state index contributed by atoms with van der Waals surface area (Å²) in [7, 11) is 2.14. The molecule has 0 radical (unpaired) electrons. The van der Waals surface area contributed by atoms with Crippen molar-refractivity contribution in [1.82, 2.24) is 15.2 Å². The predicted octanol–water partition coefficient (Wildman–Crippen LogP) is 2.28. The van der Waals surface area contributed by atoms with Crippen LogP contribution in [0.25, 0.3) is 10.8 Å². The van der Waals surface area contributed by atoms with Crippen molar-refractivity contribution in [2.45, 2.75) is 13.5 Å². The van der Waals surface area contributed by atoms with Crippen molar-refractivity contribution in [3.8, 4) is 0 Å². The van der Waals surface area contributed by atoms with Gasteiger partial charge in [-0.1, -0.05) is 31.2 Å². The Balaban J connectivity index is 1.95. The average Bonchev–Trinajstić information content (AvgIpc) is 2.43. The van der Waals surface area contributed by atoms with Gasteiger partial charge in [0.2, 0.25) is 0 Å². The van der Waals surface area contributed by atoms with Crippen LogP contribution in [0.3, 0.4) is 0 Å². The van der Waals surface area contributed by atoms with Crippen LogP contribution in [-0.4, -0.2) is 36.6 Å². The molecule has 2 rings (SSSR count). The van der Waals surface area contributed by atoms with Crippen molar-refractivity contribution in [3.63, 3.8) is 0 Å². The van der Waals surface area contributed by atoms with Gasteiger partial charge in [0.05, 0.1) is 0 Å². The minimum Gasteiger partial charge on any atom is -0.311 e. The minimum absolute atomic E-state index is 0.881. The van der Waals surface area contributed by atoms with Crippen LogP contribution in [0.4, 0.5) is 0 Å². The topological polar surface area (TPSA) is 28.2 Å². The quantitative estimate of drug-likeness (QED) is 0.789. The molecule has 1 aromatic heterocycles. The van der Waals surface area contributed by atoms with Gasteiger partial charge in [0.15, 0.2) is 0 Å². The standard InChI is InChI=1S/C15H21N3/c1-3-18(2)9-8-16-11-14-12-17-10-13-6-4-5-7-15(13)14/h4-7,10,12,16H,3,8-9,11H2,1-2H3. The van der Waals surface area contributed by atoms with Crippen LogP contribution in [0.15, 0.2) is 36.7 Å². The van der Waals surface area contributed by atoms with Crippen LogP contribution in [0.1, 0.15) is 12.5 Å². The maximum atomic E-state index is 4.29. The van der Waals surface area contributed by atoms with Gasteiger partial charge in [0.25, 0.3) is 0 Å². The molecule has 0 bridgehead atoms. The van der Waals surface area contributed by atoms with Crippen molar-refractivity contribution in [1.29, 1.82) is 0 Å². The van der Waals surface area contributed by atoms with E-state index in [0.29, 0.717) is 0 Å². The molecule has 0 saturated carbocycles. The first-order chi connectivity index (χ1) is 8.81. The molecule has 0 unspecified atom stereocenters. The summed E-state index contributed by atoms with van der Waals surface area (Å²) >= 11 is 0. The highest BCUT2D eigenvalue weighted by Gasteiger charge is 2.00. The molecule has 3 heteroatoms. The second-order valence-electron chi connectivity index (χ2n) is 4.59. The van der Waals surface area contributed by atoms with Gasteiger partial charge in [0, 0.05) is 37.4 Å². The summed E-state index contributed by atoms with van der Waals surface area (Å²) in [4.78, 5) is 6.59. The lowest BCUT2D eigenvalue weighted by molar-refractivity contribution is 0.349. The van der Waals surface area contributed by atoms with E-state index in [1.807, 2.05) is 12.4 Å². The summed E-state index contributed by atoms with van der Waals surface area (Å²) in [6, 6.07) is 8.40. The van der Waals surface area contributed by atoms with E-state index in [1.165, 1.54) is 16.3 Å². The number of nitrogens with one attached hydrogen (secondary N) is 1. The molecule has 0 aliphatic rings. The molecule has 96 valence electrons. The third-order valence-electron chi connectivity index (χ3n) is 3.28. The van der Waals surface area contributed by atoms with E-state index in [2.05, 4.69) is 53.4 Å². The molecule has 0 atom stereocenters. The molecule has 1 aromatic carbocycles. The highest BCUT2D eigenvalue weighted by Crippen LogP contribution is 2.16. The number of hydrogen-bond acceptors (Lipinski definition) is 3. The molecule has 0 saturated heterocycles. The van der Waals surface area contributed by atoms with Gasteiger partial charge in [-0.2, -0.15) is 0 Å². The summed E-state index contributed by atoms with van der Waals surface area (Å²) in [6.45, 7) is 6.24. The molecule has 3 nitrogen and oxygen atoms in total. The molecule has 2 aromatic rings. The van der Waals surface area contributed by atoms with Gasteiger partial charge in [-0.25, -0.2) is 0 Å². The Labute approximate surface area is 109 Å². The molecular formula is C15H21N3. The molecule has 1 N–H and O–H groups in total. The molecule has 0 fully saturated rings. The maximum absolute atomic E-state index is 4.29. The number of nitrogens with zero attached hydrogens (tertiary/aromatic N) is 2. The summed E-state index contributed by atoms with van der Waals surface area (Å²) in [6.07, 6.45) is 3.88. The van der Waals surface area contributed by atoms with Gasteiger partial charge in [-0.15, -0.1) is 0 Å². The van der Waals surface area contributed by atoms with E-state index in [9.17, 15) is 0 Å². The fraction of sp³-hybridized carbons (Fsp3) is 0.400. The SMILES string of the molecule is CCN(C)CCNCc1cncc2ccccc12. The second kappa shape index (κ2) is 6.47. The molecule has 0 aliphatic carbocycles. The molecular weight excluding hydrogens is 222 g/mol. The fourth-order valence-electron chi connectivity index (χ4n) is 1.97. The third kappa shape index (κ3) is 3.28. The third-order valence-corrected chi connectivity index (χ3v) is 3.28. The monoisotopic (exact) mass is 243 g/mol. The largest absolute Gasteiger partial charge is 0.311 e. The van der Waals surface area contributed by atoms with Crippen LogP contribution >= 0.6 is 0 Å².